The molecular formula is C18H24N4O7S2. The zero-order chi connectivity index (χ0) is 22.6. The van der Waals surface area contributed by atoms with Gasteiger partial charge in [0.15, 0.2) is 9.84 Å². The van der Waals surface area contributed by atoms with E-state index in [1.165, 1.54) is 31.4 Å². The van der Waals surface area contributed by atoms with Crippen LogP contribution in [0.3, 0.4) is 0 Å². The summed E-state index contributed by atoms with van der Waals surface area (Å²) in [6.45, 7) is -0.0319. The zero-order valence-corrected chi connectivity index (χ0v) is 18.5. The summed E-state index contributed by atoms with van der Waals surface area (Å²) in [7, 11) is -5.47. The maximum Gasteiger partial charge on any atom is 0.267 e. The highest BCUT2D eigenvalue weighted by Gasteiger charge is 2.37. The number of amides is 2. The number of benzene rings is 1. The average Bonchev–Trinajstić information content (AvgIpc) is 3.11. The van der Waals surface area contributed by atoms with Crippen LogP contribution in [0.1, 0.15) is 19.3 Å². The van der Waals surface area contributed by atoms with Gasteiger partial charge in [-0.25, -0.2) is 26.6 Å². The smallest absolute Gasteiger partial charge is 0.267 e. The quantitative estimate of drug-likeness (QED) is 0.473. The van der Waals surface area contributed by atoms with Crippen molar-refractivity contribution in [2.24, 2.45) is 5.10 Å². The van der Waals surface area contributed by atoms with E-state index in [1.807, 2.05) is 0 Å². The fourth-order valence-corrected chi connectivity index (χ4v) is 6.01. The number of methoxy groups -OCH3 is 1. The third-order valence-corrected chi connectivity index (χ3v) is 8.18. The zero-order valence-electron chi connectivity index (χ0n) is 16.9. The highest BCUT2D eigenvalue weighted by atomic mass is 32.2. The Kier molecular flexibility index (Phi) is 6.96. The van der Waals surface area contributed by atoms with Crippen molar-refractivity contribution in [3.63, 3.8) is 0 Å². The van der Waals surface area contributed by atoms with Gasteiger partial charge in [-0.3, -0.25) is 9.59 Å². The summed E-state index contributed by atoms with van der Waals surface area (Å²) in [4.78, 5) is 24.5. The van der Waals surface area contributed by atoms with Crippen molar-refractivity contribution in [1.29, 1.82) is 0 Å². The number of sulfonamides is 1. The van der Waals surface area contributed by atoms with Gasteiger partial charge in [-0.2, -0.15) is 5.10 Å². The normalized spacial score (nSPS) is 20.9. The minimum atomic E-state index is -3.74. The number of nitrogens with zero attached hydrogens (tertiary/aromatic N) is 2. The molecule has 0 aliphatic carbocycles. The van der Waals surface area contributed by atoms with Crippen LogP contribution in [0.25, 0.3) is 0 Å². The number of nitrogens with one attached hydrogen (secondary N) is 2. The number of hydrazone groups is 1. The van der Waals surface area contributed by atoms with Crippen LogP contribution in [-0.2, 0) is 29.4 Å². The molecule has 0 saturated carbocycles. The molecule has 0 unspecified atom stereocenters. The molecule has 1 aromatic rings. The van der Waals surface area contributed by atoms with Crippen molar-refractivity contribution in [1.82, 2.24) is 15.0 Å². The predicted molar refractivity (Wildman–Crippen MR) is 112 cm³/mol. The molecule has 1 atom stereocenters. The topological polar surface area (TPSA) is 151 Å². The Morgan fingerprint density at radius 3 is 2.55 bits per heavy atom. The molecule has 2 N–H and O–H groups in total. The van der Waals surface area contributed by atoms with Gasteiger partial charge in [-0.15, -0.1) is 0 Å². The molecule has 2 aliphatic heterocycles. The molecular weight excluding hydrogens is 448 g/mol. The van der Waals surface area contributed by atoms with Gasteiger partial charge < -0.3 is 10.1 Å². The number of sulfone groups is 1. The molecule has 3 rings (SSSR count). The molecule has 2 amide bonds. The first-order valence-electron chi connectivity index (χ1n) is 9.63. The first kappa shape index (κ1) is 23.2. The lowest BCUT2D eigenvalue weighted by Crippen LogP contribution is -2.44. The summed E-state index contributed by atoms with van der Waals surface area (Å²) in [5, 5.41) is 7.75. The maximum absolute atomic E-state index is 12.4. The summed E-state index contributed by atoms with van der Waals surface area (Å²) in [5.74, 6) is -0.480. The molecule has 170 valence electrons. The van der Waals surface area contributed by atoms with E-state index in [1.54, 1.807) is 0 Å². The monoisotopic (exact) mass is 472 g/mol. The van der Waals surface area contributed by atoms with Crippen LogP contribution in [0.2, 0.25) is 0 Å². The van der Waals surface area contributed by atoms with Crippen molar-refractivity contribution < 1.29 is 31.2 Å². The van der Waals surface area contributed by atoms with Crippen molar-refractivity contribution in [2.45, 2.75) is 30.2 Å². The van der Waals surface area contributed by atoms with Crippen LogP contribution in [0.5, 0.6) is 5.75 Å². The van der Waals surface area contributed by atoms with Crippen molar-refractivity contribution in [3.8, 4) is 5.75 Å². The second-order valence-corrected chi connectivity index (χ2v) is 11.2. The Balaban J connectivity index is 1.53. The SMILES string of the molecule is COc1ccc(S(=O)(=O)NCCNC(=O)C2=NN([C@@H]3CCS(=O)(=O)C3)C(=O)CC2)cc1. The number of hydrogen-bond donors (Lipinski definition) is 2. The number of rotatable bonds is 8. The molecule has 31 heavy (non-hydrogen) atoms. The van der Waals surface area contributed by atoms with Crippen molar-refractivity contribution in [2.75, 3.05) is 31.7 Å². The summed E-state index contributed by atoms with van der Waals surface area (Å²) in [6.07, 6.45) is 0.491. The van der Waals surface area contributed by atoms with Gasteiger partial charge in [0.25, 0.3) is 5.91 Å². The first-order chi connectivity index (χ1) is 14.6. The van der Waals surface area contributed by atoms with E-state index in [-0.39, 0.29) is 54.0 Å². The predicted octanol–water partition coefficient (Wildman–Crippen LogP) is -0.745. The van der Waals surface area contributed by atoms with Crippen LogP contribution >= 0.6 is 0 Å². The molecule has 0 spiro atoms. The van der Waals surface area contributed by atoms with Gasteiger partial charge in [0.05, 0.1) is 29.6 Å². The standard InChI is InChI=1S/C18H24N4O7S2/c1-29-14-2-4-15(5-3-14)31(27,28)20-10-9-19-18(24)16-6-7-17(23)22(21-16)13-8-11-30(25,26)12-13/h2-5,13,20H,6-12H2,1H3,(H,19,24)/t13-/m1/s1. The van der Waals surface area contributed by atoms with E-state index in [2.05, 4.69) is 15.1 Å². The molecule has 0 radical (unpaired) electrons. The number of carbonyl (C=O) groups excluding carboxylic acids is 2. The Labute approximate surface area is 180 Å². The van der Waals surface area contributed by atoms with E-state index in [0.717, 1.165) is 5.01 Å². The van der Waals surface area contributed by atoms with E-state index in [0.29, 0.717) is 12.2 Å². The van der Waals surface area contributed by atoms with Crippen LogP contribution in [-0.4, -0.2) is 77.1 Å². The maximum atomic E-state index is 12.4. The molecule has 2 aliphatic rings. The third-order valence-electron chi connectivity index (χ3n) is 4.95. The Morgan fingerprint density at radius 1 is 1.23 bits per heavy atom. The van der Waals surface area contributed by atoms with Gasteiger partial charge in [-0.05, 0) is 30.7 Å². The molecule has 1 aromatic carbocycles. The van der Waals surface area contributed by atoms with Gasteiger partial charge in [0, 0.05) is 25.9 Å². The highest BCUT2D eigenvalue weighted by Crippen LogP contribution is 2.22. The molecule has 13 heteroatoms. The second-order valence-electron chi connectivity index (χ2n) is 7.17. The lowest BCUT2D eigenvalue weighted by Gasteiger charge is -2.27. The molecule has 1 fully saturated rings. The molecule has 0 aromatic heterocycles. The number of hydrogen-bond acceptors (Lipinski definition) is 8. The van der Waals surface area contributed by atoms with E-state index in [4.69, 9.17) is 4.74 Å². The molecule has 1 saturated heterocycles. The molecule has 2 heterocycles. The van der Waals surface area contributed by atoms with E-state index < -0.39 is 31.8 Å². The Hall–Kier alpha value is -2.51. The van der Waals surface area contributed by atoms with Crippen molar-refractivity contribution in [3.05, 3.63) is 24.3 Å². The Morgan fingerprint density at radius 2 is 1.94 bits per heavy atom. The van der Waals surface area contributed by atoms with Gasteiger partial charge >= 0.3 is 0 Å². The highest BCUT2D eigenvalue weighted by molar-refractivity contribution is 7.91. The lowest BCUT2D eigenvalue weighted by molar-refractivity contribution is -0.133. The van der Waals surface area contributed by atoms with Crippen LogP contribution in [0.4, 0.5) is 0 Å². The average molecular weight is 473 g/mol. The number of carbonyl (C=O) groups is 2. The lowest BCUT2D eigenvalue weighted by atomic mass is 10.1. The fourth-order valence-electron chi connectivity index (χ4n) is 3.29. The third kappa shape index (κ3) is 5.80. The van der Waals surface area contributed by atoms with Gasteiger partial charge in [0.1, 0.15) is 11.5 Å². The van der Waals surface area contributed by atoms with Gasteiger partial charge in [-0.1, -0.05) is 0 Å². The summed E-state index contributed by atoms with van der Waals surface area (Å²) >= 11 is 0. The minimum absolute atomic E-state index is 0.00711. The number of ether oxygens (including phenoxy) is 1. The molecule has 0 bridgehead atoms. The fraction of sp³-hybridized carbons (Fsp3) is 0.500. The minimum Gasteiger partial charge on any atom is -0.497 e. The Bertz CT molecular complexity index is 1080. The van der Waals surface area contributed by atoms with Gasteiger partial charge in [0.2, 0.25) is 15.9 Å². The van der Waals surface area contributed by atoms with Crippen LogP contribution in [0, 0.1) is 0 Å². The van der Waals surface area contributed by atoms with Crippen LogP contribution in [0.15, 0.2) is 34.3 Å². The molecule has 11 nitrogen and oxygen atoms in total. The summed E-state index contributed by atoms with van der Waals surface area (Å²) in [5.41, 5.74) is 0.113. The van der Waals surface area contributed by atoms with E-state index in [9.17, 15) is 26.4 Å². The first-order valence-corrected chi connectivity index (χ1v) is 12.9. The van der Waals surface area contributed by atoms with Crippen LogP contribution < -0.4 is 14.8 Å². The largest absolute Gasteiger partial charge is 0.497 e. The van der Waals surface area contributed by atoms with E-state index >= 15 is 0 Å². The second kappa shape index (κ2) is 9.32. The summed E-state index contributed by atoms with van der Waals surface area (Å²) in [6, 6.07) is 5.31. The summed E-state index contributed by atoms with van der Waals surface area (Å²) < 4.78 is 55.3. The van der Waals surface area contributed by atoms with Crippen molar-refractivity contribution >= 4 is 37.4 Å².